The number of anilines is 1. The van der Waals surface area contributed by atoms with E-state index >= 15 is 0 Å². The number of nitrogens with zero attached hydrogens (tertiary/aromatic N) is 5. The molecule has 0 spiro atoms. The van der Waals surface area contributed by atoms with Crippen LogP contribution in [-0.4, -0.2) is 56.8 Å². The van der Waals surface area contributed by atoms with E-state index < -0.39 is 10.8 Å². The van der Waals surface area contributed by atoms with E-state index in [4.69, 9.17) is 10.2 Å². The molecule has 28 heavy (non-hydrogen) atoms. The van der Waals surface area contributed by atoms with Crippen LogP contribution in [0.4, 0.5) is 11.7 Å². The molecular weight excluding hydrogens is 364 g/mol. The van der Waals surface area contributed by atoms with Gasteiger partial charge in [-0.3, -0.25) is 19.8 Å². The summed E-state index contributed by atoms with van der Waals surface area (Å²) >= 11 is 0. The molecule has 0 atom stereocenters. The monoisotopic (exact) mass is 382 g/mol. The van der Waals surface area contributed by atoms with Gasteiger partial charge in [0.05, 0.1) is 18.1 Å². The van der Waals surface area contributed by atoms with Crippen LogP contribution in [0.15, 0.2) is 40.8 Å². The molecule has 3 heterocycles. The zero-order valence-electron chi connectivity index (χ0n) is 14.9. The standard InChI is InChI=1S/C18H18N6O4/c19-17-12-3-1-2-4-13(12)20-15(21-17)11-22-7-9-23(10-8-22)18(25)14-5-6-16(28-14)24(26)27/h1-6H,7-11H2,(H2,19,20,21). The Morgan fingerprint density at radius 3 is 2.61 bits per heavy atom. The Morgan fingerprint density at radius 1 is 1.14 bits per heavy atom. The van der Waals surface area contributed by atoms with Crippen molar-refractivity contribution in [3.05, 3.63) is 58.1 Å². The van der Waals surface area contributed by atoms with Crippen LogP contribution in [0.3, 0.4) is 0 Å². The normalized spacial score (nSPS) is 15.1. The molecule has 10 heteroatoms. The van der Waals surface area contributed by atoms with Crippen molar-refractivity contribution in [1.82, 2.24) is 19.8 Å². The van der Waals surface area contributed by atoms with Crippen molar-refractivity contribution in [2.24, 2.45) is 0 Å². The maximum Gasteiger partial charge on any atom is 0.433 e. The minimum absolute atomic E-state index is 0.0224. The van der Waals surface area contributed by atoms with Crippen LogP contribution >= 0.6 is 0 Å². The Hall–Kier alpha value is -3.53. The zero-order valence-corrected chi connectivity index (χ0v) is 14.9. The lowest BCUT2D eigenvalue weighted by Gasteiger charge is -2.33. The van der Waals surface area contributed by atoms with Gasteiger partial charge in [-0.1, -0.05) is 12.1 Å². The van der Waals surface area contributed by atoms with Gasteiger partial charge in [-0.15, -0.1) is 0 Å². The molecule has 2 aromatic heterocycles. The van der Waals surface area contributed by atoms with E-state index in [0.717, 1.165) is 10.9 Å². The molecule has 1 aliphatic heterocycles. The summed E-state index contributed by atoms with van der Waals surface area (Å²) in [6, 6.07) is 10.1. The highest BCUT2D eigenvalue weighted by atomic mass is 16.6. The number of piperazine rings is 1. The minimum atomic E-state index is -0.663. The number of benzene rings is 1. The summed E-state index contributed by atoms with van der Waals surface area (Å²) < 4.78 is 5.00. The summed E-state index contributed by atoms with van der Waals surface area (Å²) in [5, 5.41) is 11.5. The Kier molecular flexibility index (Phi) is 4.62. The van der Waals surface area contributed by atoms with Crippen LogP contribution in [0.2, 0.25) is 0 Å². The molecule has 1 amide bonds. The molecule has 0 bridgehead atoms. The van der Waals surface area contributed by atoms with Crippen LogP contribution in [0.25, 0.3) is 10.9 Å². The molecule has 0 aliphatic carbocycles. The van der Waals surface area contributed by atoms with Crippen molar-refractivity contribution in [2.45, 2.75) is 6.54 Å². The fraction of sp³-hybridized carbons (Fsp3) is 0.278. The maximum absolute atomic E-state index is 12.4. The second kappa shape index (κ2) is 7.24. The number of carbonyl (C=O) groups excluding carboxylic acids is 1. The first-order valence-corrected chi connectivity index (χ1v) is 8.78. The summed E-state index contributed by atoms with van der Waals surface area (Å²) in [6.07, 6.45) is 0. The van der Waals surface area contributed by atoms with E-state index in [1.165, 1.54) is 12.1 Å². The van der Waals surface area contributed by atoms with Gasteiger partial charge in [0.15, 0.2) is 5.76 Å². The number of carbonyl (C=O) groups is 1. The molecule has 1 saturated heterocycles. The number of hydrogen-bond donors (Lipinski definition) is 1. The number of rotatable bonds is 4. The van der Waals surface area contributed by atoms with Crippen LogP contribution in [0.5, 0.6) is 0 Å². The summed E-state index contributed by atoms with van der Waals surface area (Å²) in [4.78, 5) is 35.2. The van der Waals surface area contributed by atoms with Gasteiger partial charge in [0.25, 0.3) is 5.91 Å². The van der Waals surface area contributed by atoms with Crippen molar-refractivity contribution in [3.63, 3.8) is 0 Å². The largest absolute Gasteiger partial charge is 0.433 e. The number of aromatic nitrogens is 2. The highest BCUT2D eigenvalue weighted by molar-refractivity contribution is 5.91. The number of amides is 1. The van der Waals surface area contributed by atoms with Crippen molar-refractivity contribution in [3.8, 4) is 0 Å². The first-order valence-electron chi connectivity index (χ1n) is 8.78. The molecule has 1 aliphatic rings. The molecule has 3 aromatic rings. The van der Waals surface area contributed by atoms with Gasteiger partial charge in [0, 0.05) is 31.6 Å². The number of hydrogen-bond acceptors (Lipinski definition) is 8. The first kappa shape index (κ1) is 17.9. The number of nitrogens with two attached hydrogens (primary N) is 1. The van der Waals surface area contributed by atoms with E-state index in [-0.39, 0.29) is 11.7 Å². The number of para-hydroxylation sites is 1. The van der Waals surface area contributed by atoms with Gasteiger partial charge in [-0.25, -0.2) is 9.97 Å². The topological polar surface area (TPSA) is 132 Å². The summed E-state index contributed by atoms with van der Waals surface area (Å²) in [6.45, 7) is 2.76. The predicted octanol–water partition coefficient (Wildman–Crippen LogP) is 1.67. The average Bonchev–Trinajstić information content (AvgIpc) is 3.19. The third-order valence-electron chi connectivity index (χ3n) is 4.69. The van der Waals surface area contributed by atoms with Crippen LogP contribution < -0.4 is 5.73 Å². The Labute approximate surface area is 159 Å². The maximum atomic E-state index is 12.4. The second-order valence-electron chi connectivity index (χ2n) is 6.51. The van der Waals surface area contributed by atoms with Gasteiger partial charge in [-0.05, 0) is 18.2 Å². The van der Waals surface area contributed by atoms with E-state index in [2.05, 4.69) is 14.9 Å². The molecule has 4 rings (SSSR count). The molecular formula is C18H18N6O4. The molecule has 0 saturated carbocycles. The van der Waals surface area contributed by atoms with Crippen molar-refractivity contribution >= 4 is 28.5 Å². The summed E-state index contributed by atoms with van der Waals surface area (Å²) in [5.41, 5.74) is 6.83. The Morgan fingerprint density at radius 2 is 1.89 bits per heavy atom. The number of furan rings is 1. The van der Waals surface area contributed by atoms with Gasteiger partial charge < -0.3 is 15.1 Å². The van der Waals surface area contributed by atoms with Crippen LogP contribution in [0.1, 0.15) is 16.4 Å². The van der Waals surface area contributed by atoms with E-state index in [1.807, 2.05) is 24.3 Å². The van der Waals surface area contributed by atoms with Gasteiger partial charge in [-0.2, -0.15) is 0 Å². The van der Waals surface area contributed by atoms with E-state index in [0.29, 0.717) is 44.4 Å². The quantitative estimate of drug-likeness (QED) is 0.532. The van der Waals surface area contributed by atoms with Gasteiger partial charge in [0.2, 0.25) is 0 Å². The number of nitrogen functional groups attached to an aromatic ring is 1. The fourth-order valence-electron chi connectivity index (χ4n) is 3.23. The Balaban J connectivity index is 1.39. The van der Waals surface area contributed by atoms with Crippen molar-refractivity contribution in [1.29, 1.82) is 0 Å². The molecule has 1 aromatic carbocycles. The fourth-order valence-corrected chi connectivity index (χ4v) is 3.23. The SMILES string of the molecule is Nc1nc(CN2CCN(C(=O)c3ccc([N+](=O)[O-])o3)CC2)nc2ccccc12. The molecule has 1 fully saturated rings. The summed E-state index contributed by atoms with van der Waals surface area (Å²) in [7, 11) is 0. The lowest BCUT2D eigenvalue weighted by atomic mass is 10.2. The third kappa shape index (κ3) is 3.49. The third-order valence-corrected chi connectivity index (χ3v) is 4.69. The number of fused-ring (bicyclic) bond motifs is 1. The predicted molar refractivity (Wildman–Crippen MR) is 100 cm³/mol. The average molecular weight is 382 g/mol. The minimum Gasteiger partial charge on any atom is -0.395 e. The molecule has 10 nitrogen and oxygen atoms in total. The zero-order chi connectivity index (χ0) is 19.7. The molecule has 0 unspecified atom stereocenters. The highest BCUT2D eigenvalue weighted by Gasteiger charge is 2.26. The van der Waals surface area contributed by atoms with E-state index in [9.17, 15) is 14.9 Å². The molecule has 2 N–H and O–H groups in total. The molecule has 0 radical (unpaired) electrons. The van der Waals surface area contributed by atoms with Gasteiger partial charge >= 0.3 is 5.88 Å². The lowest BCUT2D eigenvalue weighted by Crippen LogP contribution is -2.48. The molecule has 144 valence electrons. The van der Waals surface area contributed by atoms with Crippen LogP contribution in [0, 0.1) is 10.1 Å². The van der Waals surface area contributed by atoms with E-state index in [1.54, 1.807) is 4.90 Å². The smallest absolute Gasteiger partial charge is 0.395 e. The van der Waals surface area contributed by atoms with Crippen LogP contribution in [-0.2, 0) is 6.54 Å². The first-order chi connectivity index (χ1) is 13.5. The second-order valence-corrected chi connectivity index (χ2v) is 6.51. The lowest BCUT2D eigenvalue weighted by molar-refractivity contribution is -0.402. The Bertz CT molecular complexity index is 1040. The van der Waals surface area contributed by atoms with Gasteiger partial charge in [0.1, 0.15) is 16.6 Å². The van der Waals surface area contributed by atoms with Crippen molar-refractivity contribution < 1.29 is 14.1 Å². The number of nitro groups is 1. The van der Waals surface area contributed by atoms with Crippen molar-refractivity contribution in [2.75, 3.05) is 31.9 Å². The highest BCUT2D eigenvalue weighted by Crippen LogP contribution is 2.20. The summed E-state index contributed by atoms with van der Waals surface area (Å²) in [5.74, 6) is 0.282.